The molecule has 3 aromatic rings. The van der Waals surface area contributed by atoms with Crippen molar-refractivity contribution < 1.29 is 4.79 Å². The fourth-order valence-corrected chi connectivity index (χ4v) is 3.81. The highest BCUT2D eigenvalue weighted by Crippen LogP contribution is 2.32. The number of H-pyrrole nitrogens is 1. The van der Waals surface area contributed by atoms with E-state index in [2.05, 4.69) is 15.2 Å². The Morgan fingerprint density at radius 1 is 1.23 bits per heavy atom. The van der Waals surface area contributed by atoms with Crippen LogP contribution in [0.25, 0.3) is 11.0 Å². The molecule has 2 aromatic heterocycles. The zero-order valence-corrected chi connectivity index (χ0v) is 15.5. The summed E-state index contributed by atoms with van der Waals surface area (Å²) in [5.41, 5.74) is 3.32. The molecule has 1 atom stereocenters. The van der Waals surface area contributed by atoms with Crippen LogP contribution in [0.3, 0.4) is 0 Å². The van der Waals surface area contributed by atoms with Crippen LogP contribution < -0.4 is 0 Å². The van der Waals surface area contributed by atoms with Crippen molar-refractivity contribution in [2.45, 2.75) is 38.6 Å². The van der Waals surface area contributed by atoms with Crippen LogP contribution in [-0.2, 0) is 0 Å². The number of benzene rings is 1. The minimum Gasteiger partial charge on any atom is -0.332 e. The number of nitrogens with one attached hydrogen (secondary N) is 1. The zero-order valence-electron chi connectivity index (χ0n) is 14.7. The van der Waals surface area contributed by atoms with Crippen molar-refractivity contribution in [1.82, 2.24) is 20.1 Å². The summed E-state index contributed by atoms with van der Waals surface area (Å²) in [6, 6.07) is 9.82. The average Bonchev–Trinajstić information content (AvgIpc) is 2.87. The van der Waals surface area contributed by atoms with E-state index < -0.39 is 0 Å². The van der Waals surface area contributed by atoms with E-state index in [9.17, 15) is 4.79 Å². The molecule has 3 heterocycles. The number of halogens is 1. The van der Waals surface area contributed by atoms with Gasteiger partial charge in [0.2, 0.25) is 0 Å². The van der Waals surface area contributed by atoms with Gasteiger partial charge in [-0.05, 0) is 43.5 Å². The highest BCUT2D eigenvalue weighted by molar-refractivity contribution is 6.30. The van der Waals surface area contributed by atoms with Crippen LogP contribution in [0.2, 0.25) is 5.02 Å². The molecule has 1 unspecified atom stereocenters. The lowest BCUT2D eigenvalue weighted by Gasteiger charge is -2.30. The van der Waals surface area contributed by atoms with E-state index in [0.29, 0.717) is 16.2 Å². The predicted octanol–water partition coefficient (Wildman–Crippen LogP) is 4.68. The molecule has 1 aliphatic rings. The van der Waals surface area contributed by atoms with Crippen molar-refractivity contribution in [3.05, 3.63) is 58.4 Å². The van der Waals surface area contributed by atoms with E-state index in [1.54, 1.807) is 6.20 Å². The number of pyridine rings is 1. The first-order chi connectivity index (χ1) is 12.6. The Balaban J connectivity index is 1.69. The Hall–Kier alpha value is -2.40. The number of hydrogen-bond donors (Lipinski definition) is 1. The number of likely N-dealkylation sites (tertiary alicyclic amines) is 1. The number of fused-ring (bicyclic) bond motifs is 1. The average molecular weight is 369 g/mol. The molecule has 0 radical (unpaired) electrons. The van der Waals surface area contributed by atoms with Crippen molar-refractivity contribution in [2.24, 2.45) is 0 Å². The van der Waals surface area contributed by atoms with Crippen LogP contribution >= 0.6 is 11.6 Å². The summed E-state index contributed by atoms with van der Waals surface area (Å²) >= 11 is 6.04. The van der Waals surface area contributed by atoms with Crippen molar-refractivity contribution in [3.8, 4) is 0 Å². The Morgan fingerprint density at radius 2 is 2.04 bits per heavy atom. The molecule has 5 nitrogen and oxygen atoms in total. The van der Waals surface area contributed by atoms with E-state index in [1.807, 2.05) is 42.2 Å². The van der Waals surface area contributed by atoms with Gasteiger partial charge in [-0.25, -0.2) is 4.98 Å². The number of amides is 1. The molecule has 1 saturated heterocycles. The molecule has 1 aromatic carbocycles. The second-order valence-electron chi connectivity index (χ2n) is 6.86. The van der Waals surface area contributed by atoms with Gasteiger partial charge in [-0.1, -0.05) is 36.6 Å². The lowest BCUT2D eigenvalue weighted by Crippen LogP contribution is -2.34. The molecular weight excluding hydrogens is 348 g/mol. The highest BCUT2D eigenvalue weighted by atomic mass is 35.5. The summed E-state index contributed by atoms with van der Waals surface area (Å²) < 4.78 is 0. The Morgan fingerprint density at radius 3 is 2.85 bits per heavy atom. The smallest absolute Gasteiger partial charge is 0.255 e. The van der Waals surface area contributed by atoms with Crippen molar-refractivity contribution in [1.29, 1.82) is 0 Å². The summed E-state index contributed by atoms with van der Waals surface area (Å²) in [4.78, 5) is 19.6. The Labute approximate surface area is 157 Å². The standard InChI is InChI=1S/C20H21ClN4O/c1-13-17-11-15(12-22-19(17)24-23-13)20(26)25-10-4-2-3-5-18(25)14-6-8-16(21)9-7-14/h6-9,11-12,18H,2-5,10H2,1H3,(H,22,23,24). The van der Waals surface area contributed by atoms with Gasteiger partial charge in [-0.3, -0.25) is 9.89 Å². The minimum atomic E-state index is 0.0295. The van der Waals surface area contributed by atoms with E-state index in [4.69, 9.17) is 11.6 Å². The van der Waals surface area contributed by atoms with Gasteiger partial charge in [0.1, 0.15) is 0 Å². The van der Waals surface area contributed by atoms with Crippen molar-refractivity contribution >= 4 is 28.5 Å². The first-order valence-electron chi connectivity index (χ1n) is 9.00. The van der Waals surface area contributed by atoms with Crippen molar-refractivity contribution in [2.75, 3.05) is 6.54 Å². The largest absolute Gasteiger partial charge is 0.332 e. The fourth-order valence-electron chi connectivity index (χ4n) is 3.69. The van der Waals surface area contributed by atoms with Gasteiger partial charge in [0.05, 0.1) is 11.6 Å². The third-order valence-electron chi connectivity index (χ3n) is 5.12. The second kappa shape index (κ2) is 7.08. The maximum Gasteiger partial charge on any atom is 0.255 e. The summed E-state index contributed by atoms with van der Waals surface area (Å²) in [7, 11) is 0. The molecule has 26 heavy (non-hydrogen) atoms. The normalized spacial score (nSPS) is 18.1. The first-order valence-corrected chi connectivity index (χ1v) is 9.38. The van der Waals surface area contributed by atoms with Crippen LogP contribution in [-0.4, -0.2) is 32.5 Å². The number of aryl methyl sites for hydroxylation is 1. The highest BCUT2D eigenvalue weighted by Gasteiger charge is 2.28. The molecule has 134 valence electrons. The van der Waals surface area contributed by atoms with E-state index >= 15 is 0 Å². The summed E-state index contributed by atoms with van der Waals surface area (Å²) in [6.45, 7) is 2.70. The maximum absolute atomic E-state index is 13.3. The summed E-state index contributed by atoms with van der Waals surface area (Å²) in [5, 5.41) is 8.68. The van der Waals surface area contributed by atoms with Gasteiger partial charge >= 0.3 is 0 Å². The fraction of sp³-hybridized carbons (Fsp3) is 0.350. The van der Waals surface area contributed by atoms with Gasteiger partial charge in [0.25, 0.3) is 5.91 Å². The van der Waals surface area contributed by atoms with Gasteiger partial charge in [0, 0.05) is 28.8 Å². The molecule has 1 fully saturated rings. The number of carbonyl (C=O) groups is 1. The van der Waals surface area contributed by atoms with E-state index in [1.165, 1.54) is 0 Å². The minimum absolute atomic E-state index is 0.0295. The SMILES string of the molecule is Cc1[nH]nc2ncc(C(=O)N3CCCCCC3c3ccc(Cl)cc3)cc12. The maximum atomic E-state index is 13.3. The third-order valence-corrected chi connectivity index (χ3v) is 5.37. The second-order valence-corrected chi connectivity index (χ2v) is 7.30. The topological polar surface area (TPSA) is 61.9 Å². The molecule has 1 aliphatic heterocycles. The number of carbonyl (C=O) groups excluding carboxylic acids is 1. The first kappa shape index (κ1) is 17.0. The van der Waals surface area contributed by atoms with E-state index in [0.717, 1.165) is 48.9 Å². The molecular formula is C20H21ClN4O. The van der Waals surface area contributed by atoms with Gasteiger partial charge < -0.3 is 4.90 Å². The van der Waals surface area contributed by atoms with Crippen LogP contribution in [0, 0.1) is 6.92 Å². The quantitative estimate of drug-likeness (QED) is 0.714. The zero-order chi connectivity index (χ0) is 18.1. The Kier molecular flexibility index (Phi) is 4.64. The molecule has 0 aliphatic carbocycles. The lowest BCUT2D eigenvalue weighted by atomic mass is 10.00. The van der Waals surface area contributed by atoms with Gasteiger partial charge in [-0.15, -0.1) is 0 Å². The van der Waals surface area contributed by atoms with Crippen molar-refractivity contribution in [3.63, 3.8) is 0 Å². The van der Waals surface area contributed by atoms with Crippen LogP contribution in [0.4, 0.5) is 0 Å². The number of aromatic nitrogens is 3. The molecule has 0 saturated carbocycles. The number of rotatable bonds is 2. The molecule has 1 N–H and O–H groups in total. The number of aromatic amines is 1. The summed E-state index contributed by atoms with van der Waals surface area (Å²) in [5.74, 6) is 0.0295. The van der Waals surface area contributed by atoms with Crippen LogP contribution in [0.1, 0.15) is 53.3 Å². The predicted molar refractivity (Wildman–Crippen MR) is 102 cm³/mol. The molecule has 0 bridgehead atoms. The molecule has 0 spiro atoms. The summed E-state index contributed by atoms with van der Waals surface area (Å²) in [6.07, 6.45) is 5.89. The van der Waals surface area contributed by atoms with Crippen LogP contribution in [0.5, 0.6) is 0 Å². The monoisotopic (exact) mass is 368 g/mol. The van der Waals surface area contributed by atoms with E-state index in [-0.39, 0.29) is 11.9 Å². The lowest BCUT2D eigenvalue weighted by molar-refractivity contribution is 0.0680. The molecule has 4 rings (SSSR count). The van der Waals surface area contributed by atoms with Gasteiger partial charge in [0.15, 0.2) is 5.65 Å². The van der Waals surface area contributed by atoms with Gasteiger partial charge in [-0.2, -0.15) is 5.10 Å². The molecule has 1 amide bonds. The number of nitrogens with zero attached hydrogens (tertiary/aromatic N) is 3. The third kappa shape index (κ3) is 3.19. The number of hydrogen-bond acceptors (Lipinski definition) is 3. The Bertz CT molecular complexity index is 935. The molecule has 6 heteroatoms. The van der Waals surface area contributed by atoms with Crippen LogP contribution in [0.15, 0.2) is 36.5 Å².